The van der Waals surface area contributed by atoms with Crippen LogP contribution in [0.5, 0.6) is 5.75 Å². The van der Waals surface area contributed by atoms with Crippen LogP contribution in [0, 0.1) is 6.92 Å². The quantitative estimate of drug-likeness (QED) is 0.500. The van der Waals surface area contributed by atoms with Crippen molar-refractivity contribution in [1.29, 1.82) is 0 Å². The van der Waals surface area contributed by atoms with Gasteiger partial charge in [-0.15, -0.1) is 0 Å². The molecule has 0 aliphatic carbocycles. The van der Waals surface area contributed by atoms with Crippen LogP contribution in [0.15, 0.2) is 58.5 Å². The fourth-order valence-corrected chi connectivity index (χ4v) is 4.74. The third kappa shape index (κ3) is 3.85. The fourth-order valence-electron chi connectivity index (χ4n) is 3.70. The lowest BCUT2D eigenvalue weighted by molar-refractivity contribution is -0.116. The van der Waals surface area contributed by atoms with Crippen LogP contribution in [0.2, 0.25) is 0 Å². The number of amides is 1. The van der Waals surface area contributed by atoms with E-state index in [4.69, 9.17) is 4.74 Å². The molecular weight excluding hydrogens is 398 g/mol. The van der Waals surface area contributed by atoms with Gasteiger partial charge in [0, 0.05) is 25.1 Å². The number of carbonyl (C=O) groups excluding carboxylic acids is 1. The van der Waals surface area contributed by atoms with E-state index in [0.717, 1.165) is 11.3 Å². The number of thioether (sulfide) groups is 1. The van der Waals surface area contributed by atoms with Crippen molar-refractivity contribution in [2.45, 2.75) is 30.2 Å². The van der Waals surface area contributed by atoms with Crippen LogP contribution >= 0.6 is 11.8 Å². The van der Waals surface area contributed by atoms with E-state index in [1.807, 2.05) is 48.0 Å². The number of aromatic nitrogens is 2. The van der Waals surface area contributed by atoms with Crippen molar-refractivity contribution in [1.82, 2.24) is 9.55 Å². The van der Waals surface area contributed by atoms with Gasteiger partial charge in [0.25, 0.3) is 5.56 Å². The van der Waals surface area contributed by atoms with Gasteiger partial charge >= 0.3 is 0 Å². The second-order valence-corrected chi connectivity index (χ2v) is 8.26. The third-order valence-corrected chi connectivity index (χ3v) is 6.52. The predicted octanol–water partition coefficient (Wildman–Crippen LogP) is 3.86. The van der Waals surface area contributed by atoms with Crippen molar-refractivity contribution in [2.24, 2.45) is 7.05 Å². The number of nitrogens with zero attached hydrogens (tertiary/aromatic N) is 2. The SMILES string of the molecule is COc1ccc(C2CC(=O)Nc3c2c(=O)nc(SCc2ccccc2C)n3C)cc1. The molecule has 30 heavy (non-hydrogen) atoms. The highest BCUT2D eigenvalue weighted by atomic mass is 32.2. The second kappa shape index (κ2) is 8.36. The molecule has 2 heterocycles. The van der Waals surface area contributed by atoms with Crippen LogP contribution in [0.25, 0.3) is 0 Å². The number of hydrogen-bond acceptors (Lipinski definition) is 5. The van der Waals surface area contributed by atoms with E-state index in [1.165, 1.54) is 22.9 Å². The van der Waals surface area contributed by atoms with Crippen molar-refractivity contribution in [3.05, 3.63) is 81.1 Å². The number of hydrogen-bond donors (Lipinski definition) is 1. The van der Waals surface area contributed by atoms with Gasteiger partial charge in [-0.05, 0) is 35.7 Å². The Morgan fingerprint density at radius 1 is 1.17 bits per heavy atom. The fraction of sp³-hybridized carbons (Fsp3) is 0.261. The Morgan fingerprint density at radius 3 is 2.60 bits per heavy atom. The first-order chi connectivity index (χ1) is 14.5. The Balaban J connectivity index is 1.71. The van der Waals surface area contributed by atoms with E-state index in [9.17, 15) is 9.59 Å². The summed E-state index contributed by atoms with van der Waals surface area (Å²) >= 11 is 1.49. The van der Waals surface area contributed by atoms with E-state index < -0.39 is 0 Å². The summed E-state index contributed by atoms with van der Waals surface area (Å²) in [6.07, 6.45) is 0.214. The number of carbonyl (C=O) groups is 1. The Hall–Kier alpha value is -3.06. The first-order valence-corrected chi connectivity index (χ1v) is 10.7. The molecule has 7 heteroatoms. The number of nitrogens with one attached hydrogen (secondary N) is 1. The average Bonchev–Trinajstić information content (AvgIpc) is 2.75. The summed E-state index contributed by atoms with van der Waals surface area (Å²) in [4.78, 5) is 29.8. The summed E-state index contributed by atoms with van der Waals surface area (Å²) in [7, 11) is 3.44. The van der Waals surface area contributed by atoms with Gasteiger partial charge in [-0.3, -0.25) is 9.59 Å². The summed E-state index contributed by atoms with van der Waals surface area (Å²) < 4.78 is 7.03. The van der Waals surface area contributed by atoms with Gasteiger partial charge < -0.3 is 14.6 Å². The molecule has 0 bridgehead atoms. The molecule has 0 fully saturated rings. The maximum atomic E-state index is 13.0. The molecule has 6 nitrogen and oxygen atoms in total. The van der Waals surface area contributed by atoms with Crippen LogP contribution in [0.1, 0.15) is 34.6 Å². The average molecular weight is 422 g/mol. The Labute approximate surface area is 179 Å². The molecule has 1 N–H and O–H groups in total. The number of rotatable bonds is 5. The predicted molar refractivity (Wildman–Crippen MR) is 118 cm³/mol. The van der Waals surface area contributed by atoms with Crippen LogP contribution in [-0.2, 0) is 17.6 Å². The molecule has 1 aromatic heterocycles. The molecule has 2 aromatic carbocycles. The number of anilines is 1. The lowest BCUT2D eigenvalue weighted by atomic mass is 9.87. The first kappa shape index (κ1) is 20.2. The first-order valence-electron chi connectivity index (χ1n) is 9.70. The van der Waals surface area contributed by atoms with Crippen molar-refractivity contribution < 1.29 is 9.53 Å². The van der Waals surface area contributed by atoms with E-state index >= 15 is 0 Å². The molecule has 1 aliphatic rings. The molecule has 1 amide bonds. The zero-order chi connectivity index (χ0) is 21.3. The summed E-state index contributed by atoms with van der Waals surface area (Å²) in [6.45, 7) is 2.06. The summed E-state index contributed by atoms with van der Waals surface area (Å²) in [6, 6.07) is 15.6. The van der Waals surface area contributed by atoms with E-state index in [2.05, 4.69) is 29.4 Å². The molecule has 0 saturated carbocycles. The summed E-state index contributed by atoms with van der Waals surface area (Å²) in [5.74, 6) is 1.51. The van der Waals surface area contributed by atoms with Gasteiger partial charge in [0.05, 0.1) is 12.7 Å². The zero-order valence-corrected chi connectivity index (χ0v) is 18.0. The lowest BCUT2D eigenvalue weighted by Gasteiger charge is -2.27. The van der Waals surface area contributed by atoms with Gasteiger partial charge in [-0.25, -0.2) is 0 Å². The number of ether oxygens (including phenoxy) is 1. The Morgan fingerprint density at radius 2 is 1.90 bits per heavy atom. The molecular formula is C23H23N3O3S. The molecule has 1 atom stereocenters. The minimum absolute atomic E-state index is 0.112. The van der Waals surface area contributed by atoms with Crippen molar-refractivity contribution in [3.8, 4) is 5.75 Å². The molecule has 3 aromatic rings. The van der Waals surface area contributed by atoms with Crippen molar-refractivity contribution >= 4 is 23.5 Å². The molecule has 1 aliphatic heterocycles. The highest BCUT2D eigenvalue weighted by Gasteiger charge is 2.32. The third-order valence-electron chi connectivity index (χ3n) is 5.44. The van der Waals surface area contributed by atoms with E-state index in [-0.39, 0.29) is 23.8 Å². The number of aryl methyl sites for hydroxylation is 1. The standard InChI is InChI=1S/C23H23N3O3S/c1-14-6-4-5-7-16(14)13-30-23-25-22(28)20-18(12-19(27)24-21(20)26(23)2)15-8-10-17(29-3)11-9-15/h4-11,18H,12-13H2,1-3H3,(H,24,27). The molecule has 0 saturated heterocycles. The monoisotopic (exact) mass is 421 g/mol. The number of methoxy groups -OCH3 is 1. The van der Waals surface area contributed by atoms with Crippen LogP contribution < -0.4 is 15.6 Å². The topological polar surface area (TPSA) is 73.2 Å². The molecule has 0 radical (unpaired) electrons. The molecule has 154 valence electrons. The second-order valence-electron chi connectivity index (χ2n) is 7.31. The maximum absolute atomic E-state index is 13.0. The van der Waals surface area contributed by atoms with Gasteiger partial charge in [-0.2, -0.15) is 4.98 Å². The van der Waals surface area contributed by atoms with E-state index in [0.29, 0.717) is 22.3 Å². The van der Waals surface area contributed by atoms with Gasteiger partial charge in [0.15, 0.2) is 5.16 Å². The molecule has 4 rings (SSSR count). The van der Waals surface area contributed by atoms with Gasteiger partial charge in [0.1, 0.15) is 11.6 Å². The number of fused-ring (bicyclic) bond motifs is 1. The summed E-state index contributed by atoms with van der Waals surface area (Å²) in [5.41, 5.74) is 3.51. The van der Waals surface area contributed by atoms with E-state index in [1.54, 1.807) is 7.11 Å². The van der Waals surface area contributed by atoms with Gasteiger partial charge in [-0.1, -0.05) is 48.2 Å². The van der Waals surface area contributed by atoms with Crippen LogP contribution in [-0.4, -0.2) is 22.6 Å². The lowest BCUT2D eigenvalue weighted by Crippen LogP contribution is -2.33. The van der Waals surface area contributed by atoms with Crippen molar-refractivity contribution in [3.63, 3.8) is 0 Å². The summed E-state index contributed by atoms with van der Waals surface area (Å²) in [5, 5.41) is 3.47. The largest absolute Gasteiger partial charge is 0.497 e. The normalized spacial score (nSPS) is 15.4. The maximum Gasteiger partial charge on any atom is 0.279 e. The smallest absolute Gasteiger partial charge is 0.279 e. The van der Waals surface area contributed by atoms with Crippen molar-refractivity contribution in [2.75, 3.05) is 12.4 Å². The zero-order valence-electron chi connectivity index (χ0n) is 17.1. The van der Waals surface area contributed by atoms with Crippen LogP contribution in [0.4, 0.5) is 5.82 Å². The highest BCUT2D eigenvalue weighted by Crippen LogP contribution is 2.36. The Bertz CT molecular complexity index is 1160. The van der Waals surface area contributed by atoms with Gasteiger partial charge in [0.2, 0.25) is 5.91 Å². The molecule has 1 unspecified atom stereocenters. The Kier molecular flexibility index (Phi) is 5.63. The van der Waals surface area contributed by atoms with Crippen LogP contribution in [0.3, 0.4) is 0 Å². The molecule has 0 spiro atoms. The number of benzene rings is 2. The minimum Gasteiger partial charge on any atom is -0.497 e. The highest BCUT2D eigenvalue weighted by molar-refractivity contribution is 7.98. The minimum atomic E-state index is -0.332.